The Kier molecular flexibility index (Phi) is 1.87. The van der Waals surface area contributed by atoms with Gasteiger partial charge in [-0.25, -0.2) is 0 Å². The fourth-order valence-electron chi connectivity index (χ4n) is 1.34. The van der Waals surface area contributed by atoms with Gasteiger partial charge in [-0.05, 0) is 0 Å². The smallest absolute Gasteiger partial charge is 0.250 e. The first-order valence-corrected chi connectivity index (χ1v) is 4.92. The number of fused-ring (bicyclic) bond motifs is 1. The number of nitrogens with zero attached hydrogens (tertiary/aromatic N) is 2. The maximum Gasteiger partial charge on any atom is 0.250 e. The second-order valence-electron chi connectivity index (χ2n) is 2.80. The zero-order valence-corrected chi connectivity index (χ0v) is 7.60. The minimum absolute atomic E-state index is 0.0509. The van der Waals surface area contributed by atoms with Crippen LogP contribution in [0.25, 0.3) is 0 Å². The van der Waals surface area contributed by atoms with E-state index in [9.17, 15) is 4.79 Å². The van der Waals surface area contributed by atoms with Gasteiger partial charge in [-0.1, -0.05) is 0 Å². The molecule has 70 valence electrons. The average Bonchev–Trinajstić information content (AvgIpc) is 2.56. The van der Waals surface area contributed by atoms with E-state index >= 15 is 0 Å². The third-order valence-electron chi connectivity index (χ3n) is 1.92. The normalized spacial score (nSPS) is 29.2. The second kappa shape index (κ2) is 2.91. The number of carbonyl (C=O) groups excluding carboxylic acids is 1. The van der Waals surface area contributed by atoms with Crippen LogP contribution in [0.1, 0.15) is 0 Å². The predicted octanol–water partition coefficient (Wildman–Crippen LogP) is -1.26. The molecule has 0 spiro atoms. The molecule has 7 heteroatoms. The molecule has 1 amide bonds. The summed E-state index contributed by atoms with van der Waals surface area (Å²) in [5.41, 5.74) is 5.11. The van der Waals surface area contributed by atoms with E-state index < -0.39 is 0 Å². The van der Waals surface area contributed by atoms with Crippen LogP contribution in [0.15, 0.2) is 4.99 Å². The first-order valence-electron chi connectivity index (χ1n) is 3.76. The van der Waals surface area contributed by atoms with E-state index in [1.54, 1.807) is 11.8 Å². The molecule has 1 atom stereocenters. The average molecular weight is 199 g/mol. The van der Waals surface area contributed by atoms with Crippen molar-refractivity contribution in [2.45, 2.75) is 6.04 Å². The van der Waals surface area contributed by atoms with E-state index in [1.807, 2.05) is 4.90 Å². The minimum Gasteiger partial charge on any atom is -0.368 e. The molecule has 2 fully saturated rings. The maximum absolute atomic E-state index is 11.3. The van der Waals surface area contributed by atoms with Crippen LogP contribution in [0.5, 0.6) is 0 Å². The first-order chi connectivity index (χ1) is 6.18. The van der Waals surface area contributed by atoms with Crippen LogP contribution >= 0.6 is 11.8 Å². The van der Waals surface area contributed by atoms with Crippen molar-refractivity contribution in [2.24, 2.45) is 10.7 Å². The number of nitrogens with two attached hydrogens (primary N) is 1. The van der Waals surface area contributed by atoms with Gasteiger partial charge in [0.05, 0.1) is 5.88 Å². The highest BCUT2D eigenvalue weighted by Gasteiger charge is 2.40. The number of nitrogens with one attached hydrogen (secondary N) is 2. The molecule has 2 heterocycles. The zero-order valence-electron chi connectivity index (χ0n) is 6.78. The number of carbonyl (C=O) groups is 1. The van der Waals surface area contributed by atoms with Crippen molar-refractivity contribution >= 4 is 29.6 Å². The molecule has 2 saturated heterocycles. The molecule has 0 saturated carbocycles. The number of thioether (sulfide) groups is 1. The lowest BCUT2D eigenvalue weighted by Gasteiger charge is -2.12. The van der Waals surface area contributed by atoms with Gasteiger partial charge < -0.3 is 10.6 Å². The second-order valence-corrected chi connectivity index (χ2v) is 3.80. The topological polar surface area (TPSA) is 94.6 Å². The molecule has 2 aliphatic rings. The summed E-state index contributed by atoms with van der Waals surface area (Å²) in [6, 6.07) is -0.122. The molecule has 0 aromatic rings. The monoisotopic (exact) mass is 199 g/mol. The largest absolute Gasteiger partial charge is 0.368 e. The van der Waals surface area contributed by atoms with Gasteiger partial charge in [0.2, 0.25) is 17.8 Å². The van der Waals surface area contributed by atoms with Crippen LogP contribution in [-0.2, 0) is 4.79 Å². The van der Waals surface area contributed by atoms with Crippen LogP contribution in [0.2, 0.25) is 0 Å². The van der Waals surface area contributed by atoms with Crippen molar-refractivity contribution in [2.75, 3.05) is 11.6 Å². The molecule has 2 aliphatic heterocycles. The van der Waals surface area contributed by atoms with E-state index in [-0.39, 0.29) is 17.9 Å². The van der Waals surface area contributed by atoms with Gasteiger partial charge in [-0.2, -0.15) is 4.99 Å². The highest BCUT2D eigenvalue weighted by atomic mass is 32.2. The van der Waals surface area contributed by atoms with Crippen LogP contribution in [0.4, 0.5) is 0 Å². The number of guanidine groups is 2. The van der Waals surface area contributed by atoms with Gasteiger partial charge in [-0.3, -0.25) is 15.5 Å². The lowest BCUT2D eigenvalue weighted by atomic mass is 10.3. The van der Waals surface area contributed by atoms with Gasteiger partial charge >= 0.3 is 0 Å². The summed E-state index contributed by atoms with van der Waals surface area (Å²) in [5.74, 6) is 1.59. The van der Waals surface area contributed by atoms with Crippen molar-refractivity contribution < 1.29 is 4.79 Å². The highest BCUT2D eigenvalue weighted by molar-refractivity contribution is 7.99. The van der Waals surface area contributed by atoms with Crippen molar-refractivity contribution in [1.29, 1.82) is 5.41 Å². The highest BCUT2D eigenvalue weighted by Crippen LogP contribution is 2.24. The van der Waals surface area contributed by atoms with Crippen LogP contribution in [0, 0.1) is 5.41 Å². The molecule has 0 aromatic heterocycles. The van der Waals surface area contributed by atoms with Gasteiger partial charge in [0.15, 0.2) is 0 Å². The number of aliphatic imine (C=N–C) groups is 1. The Morgan fingerprint density at radius 3 is 3.31 bits per heavy atom. The van der Waals surface area contributed by atoms with Crippen LogP contribution in [-0.4, -0.2) is 40.4 Å². The molecular formula is C6H9N5OS. The minimum atomic E-state index is -0.284. The third-order valence-corrected chi connectivity index (χ3v) is 2.93. The number of amides is 1. The molecule has 4 N–H and O–H groups in total. The Bertz CT molecular complexity index is 301. The molecule has 13 heavy (non-hydrogen) atoms. The van der Waals surface area contributed by atoms with Gasteiger partial charge in [0.1, 0.15) is 6.04 Å². The molecule has 0 bridgehead atoms. The first kappa shape index (κ1) is 8.36. The van der Waals surface area contributed by atoms with Crippen LogP contribution in [0.3, 0.4) is 0 Å². The Hall–Kier alpha value is -1.24. The van der Waals surface area contributed by atoms with Crippen molar-refractivity contribution in [3.8, 4) is 0 Å². The van der Waals surface area contributed by atoms with E-state index in [4.69, 9.17) is 11.1 Å². The Morgan fingerprint density at radius 1 is 1.85 bits per heavy atom. The van der Waals surface area contributed by atoms with E-state index in [0.717, 1.165) is 11.6 Å². The van der Waals surface area contributed by atoms with E-state index in [2.05, 4.69) is 10.3 Å². The number of hydrogen-bond acceptors (Lipinski definition) is 3. The third kappa shape index (κ3) is 1.35. The fraction of sp³-hybridized carbons (Fsp3) is 0.500. The molecule has 2 rings (SSSR count). The Labute approximate surface area is 79.1 Å². The van der Waals surface area contributed by atoms with Crippen molar-refractivity contribution in [1.82, 2.24) is 10.2 Å². The van der Waals surface area contributed by atoms with Crippen molar-refractivity contribution in [3.05, 3.63) is 0 Å². The Balaban J connectivity index is 2.24. The van der Waals surface area contributed by atoms with Crippen molar-refractivity contribution in [3.63, 3.8) is 0 Å². The van der Waals surface area contributed by atoms with Gasteiger partial charge in [-0.15, -0.1) is 11.8 Å². The van der Waals surface area contributed by atoms with Crippen LogP contribution < -0.4 is 11.1 Å². The summed E-state index contributed by atoms with van der Waals surface area (Å²) >= 11 is 1.67. The summed E-state index contributed by atoms with van der Waals surface area (Å²) in [6.07, 6.45) is 0. The summed E-state index contributed by atoms with van der Waals surface area (Å²) in [5, 5.41) is 9.57. The molecule has 6 nitrogen and oxygen atoms in total. The quantitative estimate of drug-likeness (QED) is 0.335. The maximum atomic E-state index is 11.3. The predicted molar refractivity (Wildman–Crippen MR) is 50.4 cm³/mol. The fourth-order valence-corrected chi connectivity index (χ4v) is 2.50. The summed E-state index contributed by atoms with van der Waals surface area (Å²) in [6.45, 7) is 0. The standard InChI is InChI=1S/C6H9N5OS/c7-5(8)10-6-9-4(12)3-1-13-2-11(3)6/h3H,1-2H2,(H4,7,8,9,10,12). The number of hydrogen-bond donors (Lipinski definition) is 3. The summed E-state index contributed by atoms with van der Waals surface area (Å²) < 4.78 is 0. The molecule has 0 radical (unpaired) electrons. The molecular weight excluding hydrogens is 190 g/mol. The van der Waals surface area contributed by atoms with E-state index in [1.165, 1.54) is 0 Å². The SMILES string of the molecule is N=C(N)/N=C1/NC(=O)C2CSCN12. The molecule has 1 unspecified atom stereocenters. The van der Waals surface area contributed by atoms with Gasteiger partial charge in [0, 0.05) is 5.75 Å². The molecule has 0 aromatic carbocycles. The molecule has 0 aliphatic carbocycles. The van der Waals surface area contributed by atoms with Gasteiger partial charge in [0.25, 0.3) is 0 Å². The summed E-state index contributed by atoms with van der Waals surface area (Å²) in [7, 11) is 0. The zero-order chi connectivity index (χ0) is 9.42. The lowest BCUT2D eigenvalue weighted by Crippen LogP contribution is -2.32. The lowest BCUT2D eigenvalue weighted by molar-refractivity contribution is -0.120. The van der Waals surface area contributed by atoms with E-state index in [0.29, 0.717) is 5.96 Å². The number of rotatable bonds is 0. The Morgan fingerprint density at radius 2 is 2.62 bits per heavy atom. The summed E-state index contributed by atoms with van der Waals surface area (Å²) in [4.78, 5) is 16.8.